The van der Waals surface area contributed by atoms with Gasteiger partial charge in [0.1, 0.15) is 0 Å². The van der Waals surface area contributed by atoms with Crippen LogP contribution in [0.3, 0.4) is 0 Å². The molecule has 1 atom stereocenters. The molecule has 2 aliphatic rings. The highest BCUT2D eigenvalue weighted by Crippen LogP contribution is 2.32. The molecular weight excluding hydrogens is 376 g/mol. The van der Waals surface area contributed by atoms with E-state index in [4.69, 9.17) is 4.98 Å². The summed E-state index contributed by atoms with van der Waals surface area (Å²) in [7, 11) is 0. The number of nitrogens with zero attached hydrogens (tertiary/aromatic N) is 4. The number of anilines is 1. The fraction of sp³-hybridized carbons (Fsp3) is 0.435. The van der Waals surface area contributed by atoms with Gasteiger partial charge in [-0.25, -0.2) is 4.98 Å². The van der Waals surface area contributed by atoms with Crippen LogP contribution in [0.4, 0.5) is 5.82 Å². The standard InChI is InChI=1S/C23H28N6O/c30-21(16-28-12-4-5-13-28)29-14-6-9-20(29)19-11-10-18-22(26-27-23(18)25-19)24-15-17-7-2-1-3-8-17/h1-3,7-8,10-11,20H,4-6,9,12-16H2,(H2,24,25,26,27)/t20-/m1/s1. The number of fused-ring (bicyclic) bond motifs is 1. The van der Waals surface area contributed by atoms with Crippen LogP contribution in [0.15, 0.2) is 42.5 Å². The van der Waals surface area contributed by atoms with E-state index in [0.29, 0.717) is 13.1 Å². The number of pyridine rings is 1. The predicted octanol–water partition coefficient (Wildman–Crippen LogP) is 3.33. The summed E-state index contributed by atoms with van der Waals surface area (Å²) in [6.45, 7) is 4.16. The predicted molar refractivity (Wildman–Crippen MR) is 117 cm³/mol. The van der Waals surface area contributed by atoms with Crippen LogP contribution < -0.4 is 5.32 Å². The quantitative estimate of drug-likeness (QED) is 0.659. The average molecular weight is 405 g/mol. The Morgan fingerprint density at radius 2 is 1.90 bits per heavy atom. The first-order chi connectivity index (χ1) is 14.8. The Hall–Kier alpha value is -2.93. The number of nitrogens with one attached hydrogen (secondary N) is 2. The van der Waals surface area contributed by atoms with Crippen molar-refractivity contribution in [3.63, 3.8) is 0 Å². The molecule has 0 saturated carbocycles. The van der Waals surface area contributed by atoms with Gasteiger partial charge in [-0.05, 0) is 56.5 Å². The maximum atomic E-state index is 12.9. The molecule has 2 aromatic heterocycles. The highest BCUT2D eigenvalue weighted by Gasteiger charge is 2.32. The molecule has 30 heavy (non-hydrogen) atoms. The molecule has 2 aliphatic heterocycles. The molecule has 0 aliphatic carbocycles. The van der Waals surface area contributed by atoms with Gasteiger partial charge in [-0.3, -0.25) is 14.8 Å². The maximum Gasteiger partial charge on any atom is 0.237 e. The third-order valence-electron chi connectivity index (χ3n) is 6.22. The van der Waals surface area contributed by atoms with E-state index in [1.54, 1.807) is 0 Å². The number of rotatable bonds is 6. The van der Waals surface area contributed by atoms with Crippen LogP contribution in [0.5, 0.6) is 0 Å². The van der Waals surface area contributed by atoms with Crippen LogP contribution in [-0.4, -0.2) is 57.1 Å². The first kappa shape index (κ1) is 19.1. The van der Waals surface area contributed by atoms with E-state index in [-0.39, 0.29) is 11.9 Å². The second-order valence-electron chi connectivity index (χ2n) is 8.27. The fourth-order valence-corrected chi connectivity index (χ4v) is 4.62. The summed E-state index contributed by atoms with van der Waals surface area (Å²) in [6.07, 6.45) is 4.41. The molecule has 3 aromatic rings. The Kier molecular flexibility index (Phi) is 5.36. The second kappa shape index (κ2) is 8.44. The van der Waals surface area contributed by atoms with E-state index in [2.05, 4.69) is 44.7 Å². The van der Waals surface area contributed by atoms with Crippen LogP contribution >= 0.6 is 0 Å². The van der Waals surface area contributed by atoms with E-state index in [9.17, 15) is 4.79 Å². The topological polar surface area (TPSA) is 77.2 Å². The lowest BCUT2D eigenvalue weighted by atomic mass is 10.1. The molecule has 2 fully saturated rings. The molecule has 0 spiro atoms. The number of carbonyl (C=O) groups is 1. The Balaban J connectivity index is 1.30. The Morgan fingerprint density at radius 1 is 1.07 bits per heavy atom. The highest BCUT2D eigenvalue weighted by molar-refractivity contribution is 5.87. The molecule has 7 nitrogen and oxygen atoms in total. The van der Waals surface area contributed by atoms with Gasteiger partial charge in [0.15, 0.2) is 11.5 Å². The van der Waals surface area contributed by atoms with E-state index in [1.165, 1.54) is 18.4 Å². The van der Waals surface area contributed by atoms with Crippen LogP contribution in [0, 0.1) is 0 Å². The van der Waals surface area contributed by atoms with Crippen molar-refractivity contribution in [2.45, 2.75) is 38.3 Å². The number of aromatic amines is 1. The molecule has 0 unspecified atom stereocenters. The highest BCUT2D eigenvalue weighted by atomic mass is 16.2. The summed E-state index contributed by atoms with van der Waals surface area (Å²) < 4.78 is 0. The molecule has 1 aromatic carbocycles. The SMILES string of the molecule is O=C(CN1CCCC1)N1CCC[C@@H]1c1ccc2c(NCc3ccccc3)n[nH]c2n1. The van der Waals surface area contributed by atoms with Gasteiger partial charge in [0.2, 0.25) is 5.91 Å². The molecule has 2 N–H and O–H groups in total. The van der Waals surface area contributed by atoms with Crippen LogP contribution in [0.25, 0.3) is 11.0 Å². The van der Waals surface area contributed by atoms with Crippen LogP contribution in [0.2, 0.25) is 0 Å². The Labute approximate surface area is 176 Å². The molecule has 156 valence electrons. The lowest BCUT2D eigenvalue weighted by Gasteiger charge is -2.26. The van der Waals surface area contributed by atoms with E-state index < -0.39 is 0 Å². The normalized spacial score (nSPS) is 19.6. The zero-order chi connectivity index (χ0) is 20.3. The number of benzene rings is 1. The van der Waals surface area contributed by atoms with Gasteiger partial charge in [0.05, 0.1) is 23.7 Å². The van der Waals surface area contributed by atoms with Crippen molar-refractivity contribution in [3.05, 3.63) is 53.7 Å². The van der Waals surface area contributed by atoms with Gasteiger partial charge >= 0.3 is 0 Å². The van der Waals surface area contributed by atoms with Crippen LogP contribution in [-0.2, 0) is 11.3 Å². The molecule has 4 heterocycles. The van der Waals surface area contributed by atoms with Crippen molar-refractivity contribution in [2.75, 3.05) is 31.5 Å². The van der Waals surface area contributed by atoms with Crippen molar-refractivity contribution >= 4 is 22.8 Å². The third kappa shape index (κ3) is 3.89. The van der Waals surface area contributed by atoms with Crippen molar-refractivity contribution in [1.82, 2.24) is 25.0 Å². The Bertz CT molecular complexity index is 1010. The summed E-state index contributed by atoms with van der Waals surface area (Å²) >= 11 is 0. The summed E-state index contributed by atoms with van der Waals surface area (Å²) in [5.41, 5.74) is 2.92. The smallest absolute Gasteiger partial charge is 0.237 e. The lowest BCUT2D eigenvalue weighted by Crippen LogP contribution is -2.39. The van der Waals surface area contributed by atoms with E-state index in [1.807, 2.05) is 23.1 Å². The number of carbonyl (C=O) groups excluding carboxylic acids is 1. The van der Waals surface area contributed by atoms with Gasteiger partial charge in [0.25, 0.3) is 0 Å². The number of likely N-dealkylation sites (tertiary alicyclic amines) is 2. The molecule has 0 radical (unpaired) electrons. The molecule has 0 bridgehead atoms. The first-order valence-corrected chi connectivity index (χ1v) is 10.9. The monoisotopic (exact) mass is 404 g/mol. The first-order valence-electron chi connectivity index (χ1n) is 10.9. The molecule has 2 saturated heterocycles. The maximum absolute atomic E-state index is 12.9. The largest absolute Gasteiger partial charge is 0.364 e. The zero-order valence-electron chi connectivity index (χ0n) is 17.2. The van der Waals surface area contributed by atoms with Crippen molar-refractivity contribution in [1.29, 1.82) is 0 Å². The minimum Gasteiger partial charge on any atom is -0.364 e. The Morgan fingerprint density at radius 3 is 2.73 bits per heavy atom. The summed E-state index contributed by atoms with van der Waals surface area (Å²) in [4.78, 5) is 22.0. The summed E-state index contributed by atoms with van der Waals surface area (Å²) in [5, 5.41) is 11.8. The van der Waals surface area contributed by atoms with Crippen molar-refractivity contribution < 1.29 is 4.79 Å². The van der Waals surface area contributed by atoms with Gasteiger partial charge in [-0.2, -0.15) is 5.10 Å². The van der Waals surface area contributed by atoms with Gasteiger partial charge < -0.3 is 10.2 Å². The van der Waals surface area contributed by atoms with Gasteiger partial charge in [-0.15, -0.1) is 0 Å². The molecule has 5 rings (SSSR count). The minimum absolute atomic E-state index is 0.0635. The van der Waals surface area contributed by atoms with Crippen LogP contribution in [0.1, 0.15) is 43.0 Å². The second-order valence-corrected chi connectivity index (χ2v) is 8.27. The fourth-order valence-electron chi connectivity index (χ4n) is 4.62. The van der Waals surface area contributed by atoms with E-state index in [0.717, 1.165) is 55.0 Å². The van der Waals surface area contributed by atoms with Crippen molar-refractivity contribution in [3.8, 4) is 0 Å². The minimum atomic E-state index is 0.0635. The van der Waals surface area contributed by atoms with Gasteiger partial charge in [-0.1, -0.05) is 30.3 Å². The number of amides is 1. The van der Waals surface area contributed by atoms with Crippen molar-refractivity contribution in [2.24, 2.45) is 0 Å². The number of hydrogen-bond acceptors (Lipinski definition) is 5. The third-order valence-corrected chi connectivity index (χ3v) is 6.22. The number of H-pyrrole nitrogens is 1. The number of aromatic nitrogens is 3. The molecule has 1 amide bonds. The lowest BCUT2D eigenvalue weighted by molar-refractivity contribution is -0.133. The molecular formula is C23H28N6O. The van der Waals surface area contributed by atoms with Gasteiger partial charge in [0, 0.05) is 13.1 Å². The zero-order valence-corrected chi connectivity index (χ0v) is 17.2. The summed E-state index contributed by atoms with van der Waals surface area (Å²) in [6, 6.07) is 14.4. The number of hydrogen-bond donors (Lipinski definition) is 2. The molecule has 7 heteroatoms. The van der Waals surface area contributed by atoms with E-state index >= 15 is 0 Å². The average Bonchev–Trinajstić information content (AvgIpc) is 3.53. The summed E-state index contributed by atoms with van der Waals surface area (Å²) in [5.74, 6) is 1.04.